The van der Waals surface area contributed by atoms with E-state index in [1.54, 1.807) is 24.4 Å². The first-order chi connectivity index (χ1) is 10.1. The first-order valence-corrected chi connectivity index (χ1v) is 6.54. The van der Waals surface area contributed by atoms with E-state index in [0.717, 1.165) is 5.39 Å². The second kappa shape index (κ2) is 4.97. The van der Waals surface area contributed by atoms with Gasteiger partial charge in [0.1, 0.15) is 11.7 Å². The molecule has 1 aliphatic rings. The maximum Gasteiger partial charge on any atom is 0.249 e. The Balaban J connectivity index is 2.17. The van der Waals surface area contributed by atoms with Crippen LogP contribution in [-0.4, -0.2) is 28.5 Å². The number of fused-ring (bicyclic) bond motifs is 1. The highest BCUT2D eigenvalue weighted by Gasteiger charge is 2.31. The number of carbonyl (C=O) groups is 4. The summed E-state index contributed by atoms with van der Waals surface area (Å²) in [6.07, 6.45) is 2.43. The number of hydrogen-bond acceptors (Lipinski definition) is 4. The first-order valence-electron chi connectivity index (χ1n) is 6.54. The number of ketones is 1. The van der Waals surface area contributed by atoms with E-state index in [1.165, 1.54) is 4.57 Å². The van der Waals surface area contributed by atoms with Crippen LogP contribution in [0.15, 0.2) is 30.5 Å². The minimum Gasteiger partial charge on any atom is -0.331 e. The predicted molar refractivity (Wildman–Crippen MR) is 73.8 cm³/mol. The smallest absolute Gasteiger partial charge is 0.249 e. The predicted octanol–water partition coefficient (Wildman–Crippen LogP) is 1.00. The van der Waals surface area contributed by atoms with E-state index in [1.807, 2.05) is 6.07 Å². The number of aldehydes is 1. The zero-order valence-electron chi connectivity index (χ0n) is 11.0. The maximum absolute atomic E-state index is 12.0. The van der Waals surface area contributed by atoms with Crippen molar-refractivity contribution < 1.29 is 19.2 Å². The van der Waals surface area contributed by atoms with Gasteiger partial charge in [-0.3, -0.25) is 24.5 Å². The summed E-state index contributed by atoms with van der Waals surface area (Å²) in [6, 6.07) is 6.45. The van der Waals surface area contributed by atoms with Crippen LogP contribution < -0.4 is 5.32 Å². The average Bonchev–Trinajstić information content (AvgIpc) is 2.85. The fraction of sp³-hybridized carbons (Fsp3) is 0.200. The Labute approximate surface area is 119 Å². The number of carbonyl (C=O) groups excluding carboxylic acids is 4. The van der Waals surface area contributed by atoms with E-state index >= 15 is 0 Å². The molecule has 0 saturated carbocycles. The molecule has 1 aromatic heterocycles. The van der Waals surface area contributed by atoms with Gasteiger partial charge >= 0.3 is 0 Å². The van der Waals surface area contributed by atoms with E-state index in [4.69, 9.17) is 0 Å². The molecular formula is C15H12N2O4. The zero-order chi connectivity index (χ0) is 15.0. The lowest BCUT2D eigenvalue weighted by atomic mass is 10.1. The molecule has 1 atom stereocenters. The largest absolute Gasteiger partial charge is 0.331 e. The minimum atomic E-state index is -0.680. The summed E-state index contributed by atoms with van der Waals surface area (Å²) in [5, 5.41) is 3.65. The van der Waals surface area contributed by atoms with Crippen LogP contribution in [0.5, 0.6) is 0 Å². The van der Waals surface area contributed by atoms with Crippen molar-refractivity contribution in [3.63, 3.8) is 0 Å². The van der Waals surface area contributed by atoms with E-state index in [2.05, 4.69) is 5.32 Å². The van der Waals surface area contributed by atoms with Crippen molar-refractivity contribution in [1.82, 2.24) is 9.88 Å². The van der Waals surface area contributed by atoms with Crippen LogP contribution in [-0.2, 0) is 14.4 Å². The Morgan fingerprint density at radius 2 is 2.05 bits per heavy atom. The Morgan fingerprint density at radius 3 is 2.76 bits per heavy atom. The van der Waals surface area contributed by atoms with Gasteiger partial charge in [-0.2, -0.15) is 0 Å². The van der Waals surface area contributed by atoms with Crippen molar-refractivity contribution in [1.29, 1.82) is 0 Å². The van der Waals surface area contributed by atoms with Gasteiger partial charge in [-0.15, -0.1) is 0 Å². The Hall–Kier alpha value is -2.76. The lowest BCUT2D eigenvalue weighted by Gasteiger charge is -2.23. The molecule has 1 fully saturated rings. The average molecular weight is 284 g/mol. The molecule has 0 aliphatic carbocycles. The molecule has 3 rings (SSSR count). The molecular weight excluding hydrogens is 272 g/mol. The fourth-order valence-electron chi connectivity index (χ4n) is 2.69. The summed E-state index contributed by atoms with van der Waals surface area (Å²) in [5.74, 6) is -1.45. The SMILES string of the molecule is O=CC(=O)c1c2ccccc2cn1C1CCC(=O)NC1=O. The number of aromatic nitrogens is 1. The molecule has 2 amide bonds. The number of hydrogen-bond donors (Lipinski definition) is 1. The monoisotopic (exact) mass is 284 g/mol. The molecule has 1 N–H and O–H groups in total. The van der Waals surface area contributed by atoms with Crippen LogP contribution >= 0.6 is 0 Å². The molecule has 106 valence electrons. The summed E-state index contributed by atoms with van der Waals surface area (Å²) in [4.78, 5) is 46.1. The number of nitrogens with zero attached hydrogens (tertiary/aromatic N) is 1. The molecule has 0 radical (unpaired) electrons. The van der Waals surface area contributed by atoms with Crippen molar-refractivity contribution in [3.8, 4) is 0 Å². The standard InChI is InChI=1S/C15H12N2O4/c18-8-12(19)14-10-4-2-1-3-9(10)7-17(14)11-5-6-13(20)16-15(11)21/h1-4,7-8,11H,5-6H2,(H,16,20,21). The highest BCUT2D eigenvalue weighted by atomic mass is 16.2. The van der Waals surface area contributed by atoms with E-state index in [-0.39, 0.29) is 24.3 Å². The summed E-state index contributed by atoms with van der Waals surface area (Å²) in [6.45, 7) is 0. The molecule has 0 bridgehead atoms. The van der Waals surface area contributed by atoms with Crippen molar-refractivity contribution in [2.24, 2.45) is 0 Å². The summed E-state index contributed by atoms with van der Waals surface area (Å²) in [5.41, 5.74) is 0.190. The lowest BCUT2D eigenvalue weighted by Crippen LogP contribution is -2.42. The summed E-state index contributed by atoms with van der Waals surface area (Å²) in [7, 11) is 0. The third kappa shape index (κ3) is 2.14. The zero-order valence-corrected chi connectivity index (χ0v) is 11.0. The number of piperidine rings is 1. The normalized spacial score (nSPS) is 18.6. The molecule has 0 spiro atoms. The number of nitrogens with one attached hydrogen (secondary N) is 1. The van der Waals surface area contributed by atoms with Crippen LogP contribution in [0, 0.1) is 0 Å². The van der Waals surface area contributed by atoms with Gasteiger partial charge < -0.3 is 4.57 Å². The van der Waals surface area contributed by atoms with Gasteiger partial charge in [0.2, 0.25) is 17.6 Å². The molecule has 1 saturated heterocycles. The quantitative estimate of drug-likeness (QED) is 0.394. The molecule has 1 aliphatic heterocycles. The second-order valence-corrected chi connectivity index (χ2v) is 4.92. The van der Waals surface area contributed by atoms with E-state index < -0.39 is 17.7 Å². The molecule has 6 nitrogen and oxygen atoms in total. The van der Waals surface area contributed by atoms with Crippen LogP contribution in [0.25, 0.3) is 10.8 Å². The van der Waals surface area contributed by atoms with Gasteiger partial charge in [0.05, 0.1) is 0 Å². The van der Waals surface area contributed by atoms with Crippen molar-refractivity contribution in [2.45, 2.75) is 18.9 Å². The third-order valence-electron chi connectivity index (χ3n) is 3.64. The van der Waals surface area contributed by atoms with Crippen LogP contribution in [0.3, 0.4) is 0 Å². The Bertz CT molecular complexity index is 775. The summed E-state index contributed by atoms with van der Waals surface area (Å²) < 4.78 is 1.50. The number of Topliss-reactive ketones (excluding diaryl/α,β-unsaturated/α-hetero) is 1. The van der Waals surface area contributed by atoms with Crippen molar-refractivity contribution >= 4 is 34.7 Å². The van der Waals surface area contributed by atoms with Gasteiger partial charge in [0.25, 0.3) is 0 Å². The van der Waals surface area contributed by atoms with Gasteiger partial charge in [0, 0.05) is 23.4 Å². The van der Waals surface area contributed by atoms with Crippen molar-refractivity contribution in [3.05, 3.63) is 36.2 Å². The van der Waals surface area contributed by atoms with Crippen LogP contribution in [0.1, 0.15) is 29.4 Å². The molecule has 1 unspecified atom stereocenters. The first kappa shape index (κ1) is 13.2. The van der Waals surface area contributed by atoms with Crippen LogP contribution in [0.4, 0.5) is 0 Å². The third-order valence-corrected chi connectivity index (χ3v) is 3.64. The highest BCUT2D eigenvalue weighted by molar-refractivity contribution is 6.36. The number of amides is 2. The number of imide groups is 1. The lowest BCUT2D eigenvalue weighted by molar-refractivity contribution is -0.135. The molecule has 2 heterocycles. The van der Waals surface area contributed by atoms with E-state index in [0.29, 0.717) is 11.8 Å². The number of benzene rings is 1. The minimum absolute atomic E-state index is 0.190. The van der Waals surface area contributed by atoms with Crippen molar-refractivity contribution in [2.75, 3.05) is 0 Å². The molecule has 21 heavy (non-hydrogen) atoms. The van der Waals surface area contributed by atoms with Gasteiger partial charge in [-0.25, -0.2) is 0 Å². The van der Waals surface area contributed by atoms with Gasteiger partial charge in [-0.1, -0.05) is 24.3 Å². The Morgan fingerprint density at radius 1 is 1.29 bits per heavy atom. The van der Waals surface area contributed by atoms with Gasteiger partial charge in [0.15, 0.2) is 6.29 Å². The summed E-state index contributed by atoms with van der Waals surface area (Å²) >= 11 is 0. The van der Waals surface area contributed by atoms with E-state index in [9.17, 15) is 19.2 Å². The van der Waals surface area contributed by atoms with Crippen LogP contribution in [0.2, 0.25) is 0 Å². The van der Waals surface area contributed by atoms with Gasteiger partial charge in [-0.05, 0) is 6.42 Å². The fourth-order valence-corrected chi connectivity index (χ4v) is 2.69. The maximum atomic E-state index is 12.0. The Kier molecular flexibility index (Phi) is 3.13. The number of rotatable bonds is 3. The molecule has 1 aromatic carbocycles. The highest BCUT2D eigenvalue weighted by Crippen LogP contribution is 2.28. The second-order valence-electron chi connectivity index (χ2n) is 4.92. The topological polar surface area (TPSA) is 85.2 Å². The molecule has 6 heteroatoms. The molecule has 2 aromatic rings.